The lowest BCUT2D eigenvalue weighted by Gasteiger charge is -2.61. The summed E-state index contributed by atoms with van der Waals surface area (Å²) in [5.41, 5.74) is 2.92. The summed E-state index contributed by atoms with van der Waals surface area (Å²) in [7, 11) is 0. The van der Waals surface area contributed by atoms with Crippen LogP contribution in [0.2, 0.25) is 0 Å². The number of nitrogens with zero attached hydrogens (tertiary/aromatic N) is 2. The average molecular weight is 385 g/mol. The number of allylic oxidation sites excluding steroid dienone is 1. The van der Waals surface area contributed by atoms with Gasteiger partial charge in [0.25, 0.3) is 0 Å². The Morgan fingerprint density at radius 1 is 1.00 bits per heavy atom. The van der Waals surface area contributed by atoms with Crippen LogP contribution in [0.5, 0.6) is 0 Å². The van der Waals surface area contributed by atoms with E-state index in [1.54, 1.807) is 5.57 Å². The second-order valence-electron chi connectivity index (χ2n) is 11.8. The molecule has 0 aromatic heterocycles. The Hall–Kier alpha value is -0.380. The molecule has 1 N–H and O–H groups in total. The topological polar surface area (TPSA) is 26.2 Å². The second kappa shape index (κ2) is 5.86. The van der Waals surface area contributed by atoms with Gasteiger partial charge in [-0.2, -0.15) is 0 Å². The number of rotatable bonds is 3. The maximum atomic E-state index is 10.3. The van der Waals surface area contributed by atoms with Gasteiger partial charge in [0.1, 0.15) is 0 Å². The fourth-order valence-electron chi connectivity index (χ4n) is 9.36. The van der Waals surface area contributed by atoms with E-state index >= 15 is 0 Å². The Bertz CT molecular complexity index is 697. The smallest absolute Gasteiger partial charge is 0.0577 e. The van der Waals surface area contributed by atoms with Gasteiger partial charge in [-0.05, 0) is 86.9 Å². The first-order valence-electron chi connectivity index (χ1n) is 12.3. The van der Waals surface area contributed by atoms with Crippen molar-refractivity contribution in [1.29, 1.82) is 0 Å². The minimum absolute atomic E-state index is 0.0834. The molecule has 5 fully saturated rings. The SMILES string of the molecule is CC(N1CC1)[C@@]1(N2CC2)CC[C@H]2[C@@H]3CC=C4CC(O)CC[C@]4(C)[C@H]3CC[C@@]21C. The van der Waals surface area contributed by atoms with Gasteiger partial charge in [-0.1, -0.05) is 25.5 Å². The average Bonchev–Trinajstić information content (AvgIpc) is 3.57. The third-order valence-corrected chi connectivity index (χ3v) is 11.0. The highest BCUT2D eigenvalue weighted by molar-refractivity contribution is 5.28. The summed E-state index contributed by atoms with van der Waals surface area (Å²) in [6, 6.07) is 0.733. The Morgan fingerprint density at radius 2 is 1.75 bits per heavy atom. The van der Waals surface area contributed by atoms with E-state index in [-0.39, 0.29) is 6.10 Å². The maximum Gasteiger partial charge on any atom is 0.0577 e. The lowest BCUT2D eigenvalue weighted by Crippen LogP contribution is -2.63. The van der Waals surface area contributed by atoms with Gasteiger partial charge in [0.15, 0.2) is 0 Å². The Balaban J connectivity index is 1.36. The van der Waals surface area contributed by atoms with E-state index in [1.807, 2.05) is 0 Å². The molecule has 3 nitrogen and oxygen atoms in total. The van der Waals surface area contributed by atoms with Gasteiger partial charge in [0.05, 0.1) is 6.10 Å². The Kier molecular flexibility index (Phi) is 3.85. The summed E-state index contributed by atoms with van der Waals surface area (Å²) in [6.45, 7) is 13.2. The van der Waals surface area contributed by atoms with Crippen LogP contribution in [0.3, 0.4) is 0 Å². The number of hydrogen-bond acceptors (Lipinski definition) is 3. The molecule has 3 heteroatoms. The molecule has 0 aromatic rings. The quantitative estimate of drug-likeness (QED) is 0.587. The van der Waals surface area contributed by atoms with E-state index in [0.717, 1.165) is 36.6 Å². The first-order chi connectivity index (χ1) is 13.4. The van der Waals surface area contributed by atoms with Crippen LogP contribution in [0.1, 0.15) is 72.1 Å². The fraction of sp³-hybridized carbons (Fsp3) is 0.920. The normalized spacial score (nSPS) is 54.4. The van der Waals surface area contributed by atoms with Gasteiger partial charge >= 0.3 is 0 Å². The number of aliphatic hydroxyl groups excluding tert-OH is 1. The minimum Gasteiger partial charge on any atom is -0.393 e. The fourth-order valence-corrected chi connectivity index (χ4v) is 9.36. The van der Waals surface area contributed by atoms with Gasteiger partial charge in [0.2, 0.25) is 0 Å². The molecule has 156 valence electrons. The highest BCUT2D eigenvalue weighted by atomic mass is 16.3. The van der Waals surface area contributed by atoms with Crippen molar-refractivity contribution in [3.8, 4) is 0 Å². The minimum atomic E-state index is -0.0834. The van der Waals surface area contributed by atoms with Crippen molar-refractivity contribution in [3.63, 3.8) is 0 Å². The van der Waals surface area contributed by atoms with Crippen LogP contribution in [0, 0.1) is 28.6 Å². The van der Waals surface area contributed by atoms with Crippen LogP contribution >= 0.6 is 0 Å². The van der Waals surface area contributed by atoms with E-state index in [9.17, 15) is 5.11 Å². The summed E-state index contributed by atoms with van der Waals surface area (Å²) in [5.74, 6) is 2.64. The van der Waals surface area contributed by atoms with Crippen molar-refractivity contribution in [2.75, 3.05) is 26.2 Å². The molecule has 2 unspecified atom stereocenters. The van der Waals surface area contributed by atoms with E-state index in [4.69, 9.17) is 0 Å². The zero-order valence-corrected chi connectivity index (χ0v) is 18.3. The Morgan fingerprint density at radius 3 is 2.46 bits per heavy atom. The lowest BCUT2D eigenvalue weighted by atomic mass is 9.46. The molecule has 2 heterocycles. The van der Waals surface area contributed by atoms with Gasteiger partial charge in [-0.25, -0.2) is 0 Å². The summed E-state index contributed by atoms with van der Waals surface area (Å²) in [4.78, 5) is 5.64. The molecular formula is C25H40N2O. The van der Waals surface area contributed by atoms with Gasteiger partial charge < -0.3 is 5.11 Å². The maximum absolute atomic E-state index is 10.3. The number of fused-ring (bicyclic) bond motifs is 5. The number of hydrogen-bond donors (Lipinski definition) is 1. The predicted molar refractivity (Wildman–Crippen MR) is 113 cm³/mol. The monoisotopic (exact) mass is 384 g/mol. The molecule has 0 spiro atoms. The molecule has 2 saturated heterocycles. The molecule has 4 aliphatic carbocycles. The van der Waals surface area contributed by atoms with Crippen LogP contribution in [0.15, 0.2) is 11.6 Å². The van der Waals surface area contributed by atoms with E-state index < -0.39 is 0 Å². The molecule has 28 heavy (non-hydrogen) atoms. The zero-order valence-electron chi connectivity index (χ0n) is 18.3. The molecule has 0 aromatic carbocycles. The molecule has 6 aliphatic rings. The molecule has 3 saturated carbocycles. The third-order valence-electron chi connectivity index (χ3n) is 11.0. The first kappa shape index (κ1) is 18.4. The number of aliphatic hydroxyl groups is 1. The van der Waals surface area contributed by atoms with E-state index in [1.165, 1.54) is 64.7 Å². The van der Waals surface area contributed by atoms with Crippen LogP contribution in [0.25, 0.3) is 0 Å². The van der Waals surface area contributed by atoms with Crippen molar-refractivity contribution >= 4 is 0 Å². The third kappa shape index (κ3) is 2.22. The van der Waals surface area contributed by atoms with E-state index in [2.05, 4.69) is 36.6 Å². The van der Waals surface area contributed by atoms with Crippen molar-refractivity contribution in [2.24, 2.45) is 28.6 Å². The van der Waals surface area contributed by atoms with Crippen molar-refractivity contribution in [3.05, 3.63) is 11.6 Å². The van der Waals surface area contributed by atoms with Gasteiger partial charge in [0, 0.05) is 37.8 Å². The summed E-state index contributed by atoms with van der Waals surface area (Å²) >= 11 is 0. The standard InChI is InChI=1S/C25H40N2O/c1-17(26-12-13-26)25(27-14-15-27)11-8-22-20-5-4-18-16-19(28)6-9-23(18,2)21(20)7-10-24(22,25)3/h4,17,19-22,28H,5-16H2,1-3H3/t17?,19?,20-,21+,22+,23+,24+,25+/m1/s1. The molecule has 2 aliphatic heterocycles. The predicted octanol–water partition coefficient (Wildman–Crippen LogP) is 4.07. The molecule has 0 amide bonds. The molecular weight excluding hydrogens is 344 g/mol. The van der Waals surface area contributed by atoms with Crippen LogP contribution in [0.4, 0.5) is 0 Å². The van der Waals surface area contributed by atoms with Crippen LogP contribution in [-0.2, 0) is 0 Å². The summed E-state index contributed by atoms with van der Waals surface area (Å²) in [6.07, 6.45) is 12.7. The molecule has 6 rings (SSSR count). The largest absolute Gasteiger partial charge is 0.393 e. The van der Waals surface area contributed by atoms with E-state index in [0.29, 0.717) is 16.4 Å². The van der Waals surface area contributed by atoms with Crippen molar-refractivity contribution in [1.82, 2.24) is 9.80 Å². The summed E-state index contributed by atoms with van der Waals surface area (Å²) in [5, 5.41) is 10.3. The molecule has 8 atom stereocenters. The first-order valence-corrected chi connectivity index (χ1v) is 12.3. The van der Waals surface area contributed by atoms with Gasteiger partial charge in [-0.15, -0.1) is 0 Å². The van der Waals surface area contributed by atoms with Crippen molar-refractivity contribution < 1.29 is 5.11 Å². The molecule has 0 radical (unpaired) electrons. The van der Waals surface area contributed by atoms with Crippen LogP contribution in [-0.4, -0.2) is 58.8 Å². The Labute approximate surface area is 171 Å². The van der Waals surface area contributed by atoms with Gasteiger partial charge in [-0.3, -0.25) is 9.80 Å². The summed E-state index contributed by atoms with van der Waals surface area (Å²) < 4.78 is 0. The zero-order chi connectivity index (χ0) is 19.3. The second-order valence-corrected chi connectivity index (χ2v) is 11.8. The van der Waals surface area contributed by atoms with Crippen LogP contribution < -0.4 is 0 Å². The lowest BCUT2D eigenvalue weighted by molar-refractivity contribution is -0.0895. The molecule has 0 bridgehead atoms. The van der Waals surface area contributed by atoms with Crippen molar-refractivity contribution in [2.45, 2.75) is 89.8 Å². The highest BCUT2D eigenvalue weighted by Crippen LogP contribution is 2.69. The highest BCUT2D eigenvalue weighted by Gasteiger charge is 2.69.